The molecule has 1 amide bonds. The molecule has 0 saturated heterocycles. The van der Waals surface area contributed by atoms with Crippen molar-refractivity contribution in [3.8, 4) is 23.0 Å². The van der Waals surface area contributed by atoms with E-state index in [1.807, 2.05) is 0 Å². The van der Waals surface area contributed by atoms with Crippen molar-refractivity contribution in [2.24, 2.45) is 5.92 Å². The molecule has 2 aliphatic rings. The normalized spacial score (nSPS) is 22.1. The highest BCUT2D eigenvalue weighted by atomic mass is 16.7. The number of hydroxylamine groups is 1. The number of carbonyl (C=O) groups excluding carboxylic acids is 2. The molecule has 0 radical (unpaired) electrons. The van der Waals surface area contributed by atoms with Gasteiger partial charge in [-0.1, -0.05) is 12.1 Å². The van der Waals surface area contributed by atoms with Gasteiger partial charge in [-0.05, 0) is 36.2 Å². The van der Waals surface area contributed by atoms with E-state index in [-0.39, 0.29) is 13.2 Å². The minimum atomic E-state index is -1.13. The lowest BCUT2D eigenvalue weighted by Crippen LogP contribution is -2.31. The number of carbonyl (C=O) groups is 2. The monoisotopic (exact) mass is 371 g/mol. The summed E-state index contributed by atoms with van der Waals surface area (Å²) in [5.41, 5.74) is 1.06. The Morgan fingerprint density at radius 1 is 1.15 bits per heavy atom. The molecule has 140 valence electrons. The lowest BCUT2D eigenvalue weighted by molar-refractivity contribution is -0.146. The Bertz CT molecular complexity index is 913. The highest BCUT2D eigenvalue weighted by Crippen LogP contribution is 2.55. The molecule has 27 heavy (non-hydrogen) atoms. The Morgan fingerprint density at radius 2 is 1.93 bits per heavy atom. The summed E-state index contributed by atoms with van der Waals surface area (Å²) in [5, 5.41) is 8.91. The van der Waals surface area contributed by atoms with Crippen molar-refractivity contribution in [3.63, 3.8) is 0 Å². The molecular formula is C19H17NO7. The molecule has 0 unspecified atom stereocenters. The highest BCUT2D eigenvalue weighted by molar-refractivity contribution is 5.97. The summed E-state index contributed by atoms with van der Waals surface area (Å²) in [6, 6.07) is 12.1. The highest BCUT2D eigenvalue weighted by Gasteiger charge is 2.65. The van der Waals surface area contributed by atoms with Gasteiger partial charge in [0.15, 0.2) is 11.5 Å². The third-order valence-electron chi connectivity index (χ3n) is 4.87. The molecule has 8 nitrogen and oxygen atoms in total. The number of rotatable bonds is 5. The van der Waals surface area contributed by atoms with Crippen LogP contribution in [0.2, 0.25) is 0 Å². The van der Waals surface area contributed by atoms with Gasteiger partial charge in [0.1, 0.15) is 16.9 Å². The van der Waals surface area contributed by atoms with E-state index < -0.39 is 23.2 Å². The van der Waals surface area contributed by atoms with Crippen molar-refractivity contribution in [3.05, 3.63) is 48.0 Å². The number of benzene rings is 2. The number of amides is 1. The quantitative estimate of drug-likeness (QED) is 0.471. The van der Waals surface area contributed by atoms with Gasteiger partial charge < -0.3 is 18.9 Å². The summed E-state index contributed by atoms with van der Waals surface area (Å²) in [4.78, 5) is 24.2. The third kappa shape index (κ3) is 2.83. The Hall–Kier alpha value is -3.26. The minimum absolute atomic E-state index is 0.171. The van der Waals surface area contributed by atoms with E-state index in [0.717, 1.165) is 0 Å². The first-order valence-corrected chi connectivity index (χ1v) is 8.29. The smallest absolute Gasteiger partial charge is 0.317 e. The van der Waals surface area contributed by atoms with Crippen LogP contribution in [-0.4, -0.2) is 31.0 Å². The number of hydrogen-bond donors (Lipinski definition) is 2. The molecule has 2 atom stereocenters. The van der Waals surface area contributed by atoms with E-state index in [9.17, 15) is 9.59 Å². The standard InChI is InChI=1S/C19H17NO7/c1-24-18(22)19(9-14(19)17(21)20-23)11-3-2-4-12(7-11)27-13-5-6-15-16(8-13)26-10-25-15/h2-8,14,23H,9-10H2,1H3,(H,20,21)/t14-,19-/m0/s1. The van der Waals surface area contributed by atoms with Crippen molar-refractivity contribution in [2.45, 2.75) is 11.8 Å². The topological polar surface area (TPSA) is 103 Å². The Morgan fingerprint density at radius 3 is 2.70 bits per heavy atom. The maximum Gasteiger partial charge on any atom is 0.317 e. The van der Waals surface area contributed by atoms with Crippen LogP contribution in [0.1, 0.15) is 12.0 Å². The molecule has 1 saturated carbocycles. The van der Waals surface area contributed by atoms with Crippen LogP contribution in [-0.2, 0) is 19.7 Å². The molecule has 2 N–H and O–H groups in total. The van der Waals surface area contributed by atoms with E-state index in [1.165, 1.54) is 7.11 Å². The number of fused-ring (bicyclic) bond motifs is 1. The summed E-state index contributed by atoms with van der Waals surface area (Å²) < 4.78 is 21.4. The van der Waals surface area contributed by atoms with Crippen molar-refractivity contribution in [1.29, 1.82) is 0 Å². The molecular weight excluding hydrogens is 354 g/mol. The second kappa shape index (κ2) is 6.48. The van der Waals surface area contributed by atoms with Gasteiger partial charge in [-0.15, -0.1) is 0 Å². The van der Waals surface area contributed by atoms with Gasteiger partial charge in [0.05, 0.1) is 13.0 Å². The van der Waals surface area contributed by atoms with Crippen LogP contribution in [0, 0.1) is 5.92 Å². The predicted molar refractivity (Wildman–Crippen MR) is 90.8 cm³/mol. The molecule has 1 aliphatic carbocycles. The molecule has 2 aromatic rings. The first-order chi connectivity index (χ1) is 13.1. The van der Waals surface area contributed by atoms with Crippen LogP contribution in [0.3, 0.4) is 0 Å². The van der Waals surface area contributed by atoms with Gasteiger partial charge >= 0.3 is 5.97 Å². The van der Waals surface area contributed by atoms with Crippen LogP contribution >= 0.6 is 0 Å². The summed E-state index contributed by atoms with van der Waals surface area (Å²) in [7, 11) is 1.27. The number of esters is 1. The van der Waals surface area contributed by atoms with E-state index in [0.29, 0.717) is 28.6 Å². The van der Waals surface area contributed by atoms with Crippen molar-refractivity contribution < 1.29 is 33.7 Å². The zero-order valence-electron chi connectivity index (χ0n) is 14.4. The molecule has 8 heteroatoms. The molecule has 0 spiro atoms. The van der Waals surface area contributed by atoms with Gasteiger partial charge in [-0.2, -0.15) is 0 Å². The fourth-order valence-corrected chi connectivity index (χ4v) is 3.42. The van der Waals surface area contributed by atoms with Crippen LogP contribution < -0.4 is 19.7 Å². The Kier molecular flexibility index (Phi) is 4.12. The summed E-state index contributed by atoms with van der Waals surface area (Å²) in [6.45, 7) is 0.171. The molecule has 0 aromatic heterocycles. The number of methoxy groups -OCH3 is 1. The van der Waals surface area contributed by atoms with Gasteiger partial charge in [-0.25, -0.2) is 5.48 Å². The summed E-state index contributed by atoms with van der Waals surface area (Å²) in [5.74, 6) is 0.427. The van der Waals surface area contributed by atoms with E-state index in [2.05, 4.69) is 0 Å². The first-order valence-electron chi connectivity index (χ1n) is 8.29. The van der Waals surface area contributed by atoms with Crippen LogP contribution in [0.15, 0.2) is 42.5 Å². The van der Waals surface area contributed by atoms with Crippen molar-refractivity contribution in [1.82, 2.24) is 5.48 Å². The van der Waals surface area contributed by atoms with Crippen molar-refractivity contribution in [2.75, 3.05) is 13.9 Å². The fraction of sp³-hybridized carbons (Fsp3) is 0.263. The van der Waals surface area contributed by atoms with Crippen molar-refractivity contribution >= 4 is 11.9 Å². The van der Waals surface area contributed by atoms with E-state index in [4.69, 9.17) is 24.2 Å². The number of nitrogens with one attached hydrogen (secondary N) is 1. The number of ether oxygens (including phenoxy) is 4. The molecule has 0 bridgehead atoms. The van der Waals surface area contributed by atoms with Gasteiger partial charge in [0, 0.05) is 6.07 Å². The maximum absolute atomic E-state index is 12.4. The first kappa shape index (κ1) is 17.2. The Labute approximate surface area is 154 Å². The summed E-state index contributed by atoms with van der Waals surface area (Å²) >= 11 is 0. The average Bonchev–Trinajstić information content (AvgIpc) is 3.29. The fourth-order valence-electron chi connectivity index (χ4n) is 3.42. The zero-order chi connectivity index (χ0) is 19.0. The third-order valence-corrected chi connectivity index (χ3v) is 4.87. The Balaban J connectivity index is 1.62. The average molecular weight is 371 g/mol. The van der Waals surface area contributed by atoms with Crippen LogP contribution in [0.4, 0.5) is 0 Å². The summed E-state index contributed by atoms with van der Waals surface area (Å²) in [6.07, 6.45) is 0.250. The van der Waals surface area contributed by atoms with E-state index >= 15 is 0 Å². The molecule has 1 fully saturated rings. The SMILES string of the molecule is COC(=O)[C@]1(c2cccc(Oc3ccc4c(c3)OCO4)c2)C[C@H]1C(=O)NO. The number of hydrogen-bond acceptors (Lipinski definition) is 7. The maximum atomic E-state index is 12.4. The lowest BCUT2D eigenvalue weighted by Gasteiger charge is -2.16. The minimum Gasteiger partial charge on any atom is -0.468 e. The zero-order valence-corrected chi connectivity index (χ0v) is 14.4. The molecule has 1 heterocycles. The lowest BCUT2D eigenvalue weighted by atomic mass is 9.92. The predicted octanol–water partition coefficient (Wildman–Crippen LogP) is 2.14. The largest absolute Gasteiger partial charge is 0.468 e. The molecule has 1 aliphatic heterocycles. The molecule has 2 aromatic carbocycles. The second-order valence-corrected chi connectivity index (χ2v) is 6.34. The van der Waals surface area contributed by atoms with Gasteiger partial charge in [0.25, 0.3) is 0 Å². The van der Waals surface area contributed by atoms with Crippen LogP contribution in [0.5, 0.6) is 23.0 Å². The van der Waals surface area contributed by atoms with Gasteiger partial charge in [-0.3, -0.25) is 14.8 Å². The van der Waals surface area contributed by atoms with Gasteiger partial charge in [0.2, 0.25) is 12.7 Å². The van der Waals surface area contributed by atoms with E-state index in [1.54, 1.807) is 47.9 Å². The second-order valence-electron chi connectivity index (χ2n) is 6.34. The van der Waals surface area contributed by atoms with Crippen LogP contribution in [0.25, 0.3) is 0 Å². The molecule has 4 rings (SSSR count).